The van der Waals surface area contributed by atoms with E-state index in [0.717, 1.165) is 23.4 Å². The van der Waals surface area contributed by atoms with Gasteiger partial charge in [0.1, 0.15) is 11.6 Å². The Bertz CT molecular complexity index is 578. The number of ether oxygens (including phenoxy) is 1. The summed E-state index contributed by atoms with van der Waals surface area (Å²) >= 11 is 5.85. The van der Waals surface area contributed by atoms with Gasteiger partial charge < -0.3 is 10.1 Å². The molecule has 0 saturated carbocycles. The normalized spacial score (nSPS) is 12.1. The lowest BCUT2D eigenvalue weighted by Gasteiger charge is -2.17. The quantitative estimate of drug-likeness (QED) is 0.875. The van der Waals surface area contributed by atoms with Crippen LogP contribution in [0.2, 0.25) is 5.02 Å². The van der Waals surface area contributed by atoms with E-state index in [1.807, 2.05) is 31.2 Å². The van der Waals surface area contributed by atoms with Crippen LogP contribution < -0.4 is 10.1 Å². The summed E-state index contributed by atoms with van der Waals surface area (Å²) in [5.74, 6) is -0.669. The molecule has 1 unspecified atom stereocenters. The molecule has 0 amide bonds. The van der Waals surface area contributed by atoms with Gasteiger partial charge in [0.15, 0.2) is 5.82 Å². The van der Waals surface area contributed by atoms with Gasteiger partial charge in [-0.3, -0.25) is 0 Å². The van der Waals surface area contributed by atoms with Crippen LogP contribution in [-0.4, -0.2) is 7.11 Å². The largest absolute Gasteiger partial charge is 0.497 e. The van der Waals surface area contributed by atoms with Crippen molar-refractivity contribution in [2.24, 2.45) is 0 Å². The molecule has 0 aromatic heterocycles. The van der Waals surface area contributed by atoms with Crippen molar-refractivity contribution in [1.82, 2.24) is 0 Å². The van der Waals surface area contributed by atoms with Crippen LogP contribution in [-0.2, 0) is 0 Å². The van der Waals surface area contributed by atoms with Crippen LogP contribution in [0.1, 0.15) is 18.5 Å². The molecule has 1 N–H and O–H groups in total. The molecule has 2 aromatic rings. The Kier molecular flexibility index (Phi) is 4.45. The standard InChI is InChI=1S/C15H14ClF2NO/c1-9(10-3-5-12(20-2)6-4-10)19-15-13(16)7-11(17)8-14(15)18/h3-9,19H,1-2H3. The van der Waals surface area contributed by atoms with Crippen LogP contribution in [0, 0.1) is 11.6 Å². The van der Waals surface area contributed by atoms with Gasteiger partial charge in [-0.1, -0.05) is 23.7 Å². The van der Waals surface area contributed by atoms with Crippen molar-refractivity contribution in [3.63, 3.8) is 0 Å². The predicted octanol–water partition coefficient (Wildman–Crippen LogP) is 4.80. The third kappa shape index (κ3) is 3.20. The number of rotatable bonds is 4. The first-order valence-electron chi connectivity index (χ1n) is 6.06. The Morgan fingerprint density at radius 2 is 1.80 bits per heavy atom. The molecule has 2 aromatic carbocycles. The highest BCUT2D eigenvalue weighted by Gasteiger charge is 2.13. The lowest BCUT2D eigenvalue weighted by atomic mass is 10.1. The fourth-order valence-corrected chi connectivity index (χ4v) is 2.12. The highest BCUT2D eigenvalue weighted by molar-refractivity contribution is 6.33. The van der Waals surface area contributed by atoms with Gasteiger partial charge in [0.25, 0.3) is 0 Å². The first kappa shape index (κ1) is 14.6. The Hall–Kier alpha value is -1.81. The second-order valence-electron chi connectivity index (χ2n) is 4.38. The van der Waals surface area contributed by atoms with E-state index in [1.54, 1.807) is 7.11 Å². The van der Waals surface area contributed by atoms with E-state index in [-0.39, 0.29) is 16.8 Å². The van der Waals surface area contributed by atoms with Crippen molar-refractivity contribution in [3.8, 4) is 5.75 Å². The van der Waals surface area contributed by atoms with E-state index in [4.69, 9.17) is 16.3 Å². The molecule has 0 spiro atoms. The van der Waals surface area contributed by atoms with Crippen LogP contribution >= 0.6 is 11.6 Å². The van der Waals surface area contributed by atoms with Crippen molar-refractivity contribution in [1.29, 1.82) is 0 Å². The topological polar surface area (TPSA) is 21.3 Å². The number of hydrogen-bond acceptors (Lipinski definition) is 2. The highest BCUT2D eigenvalue weighted by atomic mass is 35.5. The summed E-state index contributed by atoms with van der Waals surface area (Å²) in [5, 5.41) is 2.96. The third-order valence-corrected chi connectivity index (χ3v) is 3.28. The van der Waals surface area contributed by atoms with E-state index < -0.39 is 11.6 Å². The molecule has 20 heavy (non-hydrogen) atoms. The predicted molar refractivity (Wildman–Crippen MR) is 76.4 cm³/mol. The first-order valence-corrected chi connectivity index (χ1v) is 6.44. The van der Waals surface area contributed by atoms with Crippen molar-refractivity contribution in [2.45, 2.75) is 13.0 Å². The summed E-state index contributed by atoms with van der Waals surface area (Å²) < 4.78 is 31.8. The van der Waals surface area contributed by atoms with E-state index in [9.17, 15) is 8.78 Å². The van der Waals surface area contributed by atoms with Crippen molar-refractivity contribution >= 4 is 17.3 Å². The molecule has 0 bridgehead atoms. The number of benzene rings is 2. The van der Waals surface area contributed by atoms with Gasteiger partial charge in [0, 0.05) is 12.1 Å². The van der Waals surface area contributed by atoms with Crippen LogP contribution in [0.15, 0.2) is 36.4 Å². The number of hydrogen-bond donors (Lipinski definition) is 1. The molecule has 0 heterocycles. The summed E-state index contributed by atoms with van der Waals surface area (Å²) in [6.07, 6.45) is 0. The summed E-state index contributed by atoms with van der Waals surface area (Å²) in [7, 11) is 1.59. The molecule has 0 aliphatic carbocycles. The highest BCUT2D eigenvalue weighted by Crippen LogP contribution is 2.30. The number of anilines is 1. The Morgan fingerprint density at radius 1 is 1.15 bits per heavy atom. The van der Waals surface area contributed by atoms with Crippen molar-refractivity contribution in [2.75, 3.05) is 12.4 Å². The minimum Gasteiger partial charge on any atom is -0.497 e. The van der Waals surface area contributed by atoms with E-state index in [0.29, 0.717) is 0 Å². The molecule has 106 valence electrons. The molecule has 0 radical (unpaired) electrons. The molecule has 1 atom stereocenters. The molecular formula is C15H14ClF2NO. The second kappa shape index (κ2) is 6.09. The van der Waals surface area contributed by atoms with E-state index >= 15 is 0 Å². The minimum atomic E-state index is -0.713. The maximum atomic E-state index is 13.7. The van der Waals surface area contributed by atoms with Gasteiger partial charge >= 0.3 is 0 Å². The Morgan fingerprint density at radius 3 is 2.35 bits per heavy atom. The molecular weight excluding hydrogens is 284 g/mol. The average molecular weight is 298 g/mol. The number of nitrogens with one attached hydrogen (secondary N) is 1. The van der Waals surface area contributed by atoms with Gasteiger partial charge in [-0.2, -0.15) is 0 Å². The maximum Gasteiger partial charge on any atom is 0.150 e. The van der Waals surface area contributed by atoms with Crippen LogP contribution in [0.25, 0.3) is 0 Å². The summed E-state index contributed by atoms with van der Waals surface area (Å²) in [5.41, 5.74) is 1.03. The maximum absolute atomic E-state index is 13.7. The van der Waals surface area contributed by atoms with E-state index in [2.05, 4.69) is 5.32 Å². The number of halogens is 3. The molecule has 2 rings (SSSR count). The molecule has 5 heteroatoms. The SMILES string of the molecule is COc1ccc(C(C)Nc2c(F)cc(F)cc2Cl)cc1. The van der Waals surface area contributed by atoms with Gasteiger partial charge in [0.05, 0.1) is 17.8 Å². The van der Waals surface area contributed by atoms with Gasteiger partial charge in [0.2, 0.25) is 0 Å². The van der Waals surface area contributed by atoms with Gasteiger partial charge in [-0.15, -0.1) is 0 Å². The zero-order valence-electron chi connectivity index (χ0n) is 11.1. The molecule has 0 fully saturated rings. The Labute approximate surface area is 121 Å². The smallest absolute Gasteiger partial charge is 0.150 e. The van der Waals surface area contributed by atoms with Gasteiger partial charge in [-0.25, -0.2) is 8.78 Å². The third-order valence-electron chi connectivity index (χ3n) is 2.98. The van der Waals surface area contributed by atoms with Crippen molar-refractivity contribution in [3.05, 3.63) is 58.6 Å². The van der Waals surface area contributed by atoms with Crippen LogP contribution in [0.5, 0.6) is 5.75 Å². The summed E-state index contributed by atoms with van der Waals surface area (Å²) in [6, 6.07) is 9.06. The van der Waals surface area contributed by atoms with E-state index in [1.165, 1.54) is 0 Å². The van der Waals surface area contributed by atoms with Crippen LogP contribution in [0.3, 0.4) is 0 Å². The lowest BCUT2D eigenvalue weighted by molar-refractivity contribution is 0.414. The minimum absolute atomic E-state index is 0.0165. The monoisotopic (exact) mass is 297 g/mol. The lowest BCUT2D eigenvalue weighted by Crippen LogP contribution is -2.08. The Balaban J connectivity index is 2.20. The zero-order valence-corrected chi connectivity index (χ0v) is 11.8. The fourth-order valence-electron chi connectivity index (χ4n) is 1.87. The van der Waals surface area contributed by atoms with Gasteiger partial charge in [-0.05, 0) is 30.7 Å². The summed E-state index contributed by atoms with van der Waals surface area (Å²) in [6.45, 7) is 1.86. The second-order valence-corrected chi connectivity index (χ2v) is 4.79. The first-order chi connectivity index (χ1) is 9.51. The van der Waals surface area contributed by atoms with Crippen LogP contribution in [0.4, 0.5) is 14.5 Å². The molecule has 0 aliphatic heterocycles. The molecule has 0 aliphatic rings. The summed E-state index contributed by atoms with van der Waals surface area (Å²) in [4.78, 5) is 0. The molecule has 0 saturated heterocycles. The average Bonchev–Trinajstić information content (AvgIpc) is 2.42. The zero-order chi connectivity index (χ0) is 14.7. The fraction of sp³-hybridized carbons (Fsp3) is 0.200. The number of methoxy groups -OCH3 is 1. The molecule has 2 nitrogen and oxygen atoms in total. The van der Waals surface area contributed by atoms with Crippen molar-refractivity contribution < 1.29 is 13.5 Å².